The van der Waals surface area contributed by atoms with Crippen LogP contribution >= 0.6 is 0 Å². The number of amides is 1. The molecule has 6 nitrogen and oxygen atoms in total. The quantitative estimate of drug-likeness (QED) is 0.696. The van der Waals surface area contributed by atoms with E-state index >= 15 is 0 Å². The van der Waals surface area contributed by atoms with Gasteiger partial charge >= 0.3 is 6.09 Å². The van der Waals surface area contributed by atoms with Gasteiger partial charge in [0.25, 0.3) is 0 Å². The van der Waals surface area contributed by atoms with Gasteiger partial charge < -0.3 is 20.5 Å². The Hall–Kier alpha value is -2.26. The number of nitrogens with two attached hydrogens (primary N) is 1. The van der Waals surface area contributed by atoms with Gasteiger partial charge in [0.15, 0.2) is 6.61 Å². The van der Waals surface area contributed by atoms with Crippen molar-refractivity contribution >= 4 is 6.09 Å². The molecule has 0 radical (unpaired) electrons. The Balaban J connectivity index is 2.37. The Kier molecular flexibility index (Phi) is 6.08. The molecule has 0 aliphatic heterocycles. The van der Waals surface area contributed by atoms with Crippen molar-refractivity contribution in [3.05, 3.63) is 29.8 Å². The van der Waals surface area contributed by atoms with Gasteiger partial charge in [-0.25, -0.2) is 4.79 Å². The van der Waals surface area contributed by atoms with Crippen molar-refractivity contribution in [2.45, 2.75) is 6.54 Å². The van der Waals surface area contributed by atoms with Crippen molar-refractivity contribution in [1.29, 1.82) is 5.26 Å². The molecule has 0 saturated heterocycles. The number of primary amides is 1. The highest BCUT2D eigenvalue weighted by atomic mass is 16.5. The number of para-hydroxylation sites is 1. The number of nitrogens with one attached hydrogen (secondary N) is 1. The van der Waals surface area contributed by atoms with Gasteiger partial charge in [0.05, 0.1) is 0 Å². The standard InChI is InChI=1S/C12H15N3O3/c13-5-7-17-11-4-2-1-3-10(11)9-15-6-8-18-12(14)16/h1-4,15H,6-9H2,(H2,14,16). The molecule has 6 heteroatoms. The Morgan fingerprint density at radius 3 is 2.94 bits per heavy atom. The molecule has 0 spiro atoms. The van der Waals surface area contributed by atoms with Crippen molar-refractivity contribution in [3.8, 4) is 11.8 Å². The van der Waals surface area contributed by atoms with Crippen molar-refractivity contribution < 1.29 is 14.3 Å². The maximum atomic E-state index is 10.3. The number of carbonyl (C=O) groups is 1. The monoisotopic (exact) mass is 249 g/mol. The summed E-state index contributed by atoms with van der Waals surface area (Å²) in [6, 6.07) is 9.34. The van der Waals surface area contributed by atoms with Gasteiger partial charge in [0.2, 0.25) is 0 Å². The SMILES string of the molecule is N#CCOc1ccccc1CNCCOC(N)=O. The van der Waals surface area contributed by atoms with E-state index in [9.17, 15) is 4.79 Å². The molecule has 0 heterocycles. The molecule has 3 N–H and O–H groups in total. The van der Waals surface area contributed by atoms with E-state index in [1.807, 2.05) is 24.3 Å². The summed E-state index contributed by atoms with van der Waals surface area (Å²) in [6.45, 7) is 1.29. The predicted molar refractivity (Wildman–Crippen MR) is 64.8 cm³/mol. The van der Waals surface area contributed by atoms with Gasteiger partial charge in [-0.05, 0) is 6.07 Å². The largest absolute Gasteiger partial charge is 0.478 e. The molecule has 0 aromatic heterocycles. The van der Waals surface area contributed by atoms with Crippen molar-refractivity contribution in [3.63, 3.8) is 0 Å². The Morgan fingerprint density at radius 1 is 1.44 bits per heavy atom. The van der Waals surface area contributed by atoms with Crippen LogP contribution in [0.2, 0.25) is 0 Å². The summed E-state index contributed by atoms with van der Waals surface area (Å²) in [7, 11) is 0. The van der Waals surface area contributed by atoms with Crippen LogP contribution in [-0.4, -0.2) is 25.9 Å². The molecule has 0 atom stereocenters. The zero-order valence-corrected chi connectivity index (χ0v) is 9.89. The van der Waals surface area contributed by atoms with E-state index in [0.717, 1.165) is 5.56 Å². The molecule has 18 heavy (non-hydrogen) atoms. The van der Waals surface area contributed by atoms with Crippen molar-refractivity contribution in [2.75, 3.05) is 19.8 Å². The first-order valence-electron chi connectivity index (χ1n) is 5.44. The number of benzene rings is 1. The van der Waals surface area contributed by atoms with Gasteiger partial charge in [0.1, 0.15) is 18.4 Å². The summed E-state index contributed by atoms with van der Waals surface area (Å²) >= 11 is 0. The average molecular weight is 249 g/mol. The molecule has 1 amide bonds. The fourth-order valence-corrected chi connectivity index (χ4v) is 1.35. The van der Waals surface area contributed by atoms with Gasteiger partial charge in [-0.15, -0.1) is 0 Å². The lowest BCUT2D eigenvalue weighted by molar-refractivity contribution is 0.157. The molecular weight excluding hydrogens is 234 g/mol. The number of rotatable bonds is 7. The first-order chi connectivity index (χ1) is 8.74. The highest BCUT2D eigenvalue weighted by Gasteiger charge is 2.02. The van der Waals surface area contributed by atoms with Crippen LogP contribution in [-0.2, 0) is 11.3 Å². The molecule has 0 aliphatic rings. The second-order valence-electron chi connectivity index (χ2n) is 3.40. The number of hydrogen-bond acceptors (Lipinski definition) is 5. The number of nitriles is 1. The Morgan fingerprint density at radius 2 is 2.22 bits per heavy atom. The van der Waals surface area contributed by atoms with E-state index < -0.39 is 6.09 Å². The van der Waals surface area contributed by atoms with E-state index in [-0.39, 0.29) is 13.2 Å². The number of carbonyl (C=O) groups excluding carboxylic acids is 1. The van der Waals surface area contributed by atoms with Crippen LogP contribution in [0.25, 0.3) is 0 Å². The Labute approximate surface area is 105 Å². The smallest absolute Gasteiger partial charge is 0.404 e. The lowest BCUT2D eigenvalue weighted by Crippen LogP contribution is -2.23. The van der Waals surface area contributed by atoms with Crippen LogP contribution in [0.4, 0.5) is 4.79 Å². The summed E-state index contributed by atoms with van der Waals surface area (Å²) in [4.78, 5) is 10.3. The topological polar surface area (TPSA) is 97.4 Å². The van der Waals surface area contributed by atoms with Crippen LogP contribution in [0, 0.1) is 11.3 Å². The highest BCUT2D eigenvalue weighted by molar-refractivity contribution is 5.64. The summed E-state index contributed by atoms with van der Waals surface area (Å²) in [5.74, 6) is 0.669. The predicted octanol–water partition coefficient (Wildman–Crippen LogP) is 0.774. The molecule has 1 rings (SSSR count). The van der Waals surface area contributed by atoms with Crippen molar-refractivity contribution in [2.24, 2.45) is 5.73 Å². The molecule has 0 unspecified atom stereocenters. The number of hydrogen-bond donors (Lipinski definition) is 2. The first-order valence-corrected chi connectivity index (χ1v) is 5.44. The third-order valence-corrected chi connectivity index (χ3v) is 2.10. The summed E-state index contributed by atoms with van der Waals surface area (Å²) in [5.41, 5.74) is 5.76. The normalized spacial score (nSPS) is 9.50. The second-order valence-corrected chi connectivity index (χ2v) is 3.40. The van der Waals surface area contributed by atoms with Crippen LogP contribution in [0.15, 0.2) is 24.3 Å². The Bertz CT molecular complexity index is 429. The van der Waals surface area contributed by atoms with Crippen LogP contribution in [0.5, 0.6) is 5.75 Å². The van der Waals surface area contributed by atoms with E-state index in [0.29, 0.717) is 18.8 Å². The second kappa shape index (κ2) is 7.92. The molecule has 1 aromatic rings. The number of ether oxygens (including phenoxy) is 2. The zero-order chi connectivity index (χ0) is 13.2. The van der Waals surface area contributed by atoms with Gasteiger partial charge in [-0.3, -0.25) is 0 Å². The van der Waals surface area contributed by atoms with E-state index in [1.165, 1.54) is 0 Å². The van der Waals surface area contributed by atoms with Gasteiger partial charge in [-0.2, -0.15) is 5.26 Å². The maximum absolute atomic E-state index is 10.3. The van der Waals surface area contributed by atoms with Gasteiger partial charge in [0, 0.05) is 18.7 Å². The zero-order valence-electron chi connectivity index (χ0n) is 9.89. The van der Waals surface area contributed by atoms with E-state index in [4.69, 9.17) is 15.7 Å². The molecule has 96 valence electrons. The molecular formula is C12H15N3O3. The molecule has 0 aliphatic carbocycles. The molecule has 0 fully saturated rings. The summed E-state index contributed by atoms with van der Waals surface area (Å²) < 4.78 is 9.85. The lowest BCUT2D eigenvalue weighted by Gasteiger charge is -2.10. The minimum atomic E-state index is -0.783. The van der Waals surface area contributed by atoms with E-state index in [2.05, 4.69) is 10.1 Å². The fourth-order valence-electron chi connectivity index (χ4n) is 1.35. The number of nitrogens with zero attached hydrogens (tertiary/aromatic N) is 1. The fraction of sp³-hybridized carbons (Fsp3) is 0.333. The highest BCUT2D eigenvalue weighted by Crippen LogP contribution is 2.17. The first kappa shape index (κ1) is 13.8. The van der Waals surface area contributed by atoms with Crippen LogP contribution in [0.3, 0.4) is 0 Å². The van der Waals surface area contributed by atoms with Gasteiger partial charge in [-0.1, -0.05) is 18.2 Å². The minimum absolute atomic E-state index is 0.0157. The third kappa shape index (κ3) is 5.18. The third-order valence-electron chi connectivity index (χ3n) is 2.10. The maximum Gasteiger partial charge on any atom is 0.404 e. The summed E-state index contributed by atoms with van der Waals surface area (Å²) in [5, 5.41) is 11.5. The molecule has 0 bridgehead atoms. The van der Waals surface area contributed by atoms with Crippen molar-refractivity contribution in [1.82, 2.24) is 5.32 Å². The average Bonchev–Trinajstić information content (AvgIpc) is 2.36. The van der Waals surface area contributed by atoms with E-state index in [1.54, 1.807) is 6.07 Å². The minimum Gasteiger partial charge on any atom is -0.478 e. The molecule has 1 aromatic carbocycles. The van der Waals surface area contributed by atoms with Crippen LogP contribution < -0.4 is 15.8 Å². The summed E-state index contributed by atoms with van der Waals surface area (Å²) in [6.07, 6.45) is -0.783. The molecule has 0 saturated carbocycles. The lowest BCUT2D eigenvalue weighted by atomic mass is 10.2. The van der Waals surface area contributed by atoms with Crippen LogP contribution in [0.1, 0.15) is 5.56 Å².